The molecule has 3 aliphatic rings. The third-order valence-electron chi connectivity index (χ3n) is 6.69. The molecule has 0 spiro atoms. The number of amides is 1. The number of ether oxygens (including phenoxy) is 2. The molecule has 2 fully saturated rings. The van der Waals surface area contributed by atoms with Crippen molar-refractivity contribution in [2.45, 2.75) is 41.4 Å². The minimum absolute atomic E-state index is 0.0543. The molecule has 176 valence electrons. The Hall–Kier alpha value is -2.82. The van der Waals surface area contributed by atoms with Gasteiger partial charge in [-0.2, -0.15) is 0 Å². The molecule has 33 heavy (non-hydrogen) atoms. The van der Waals surface area contributed by atoms with Crippen molar-refractivity contribution in [2.75, 3.05) is 31.6 Å². The van der Waals surface area contributed by atoms with Gasteiger partial charge in [0.05, 0.1) is 4.90 Å². The maximum atomic E-state index is 13.6. The summed E-state index contributed by atoms with van der Waals surface area (Å²) < 4.78 is 36.6. The molecule has 1 aliphatic carbocycles. The van der Waals surface area contributed by atoms with Gasteiger partial charge in [0.1, 0.15) is 13.2 Å². The van der Waals surface area contributed by atoms with E-state index in [-0.39, 0.29) is 17.7 Å². The van der Waals surface area contributed by atoms with Crippen molar-refractivity contribution in [1.29, 1.82) is 0 Å². The molecule has 9 nitrogen and oxygen atoms in total. The Morgan fingerprint density at radius 3 is 2.24 bits per heavy atom. The molecule has 1 saturated carbocycles. The summed E-state index contributed by atoms with van der Waals surface area (Å²) in [6, 6.07) is 12.3. The van der Waals surface area contributed by atoms with Crippen molar-refractivity contribution in [1.82, 2.24) is 10.4 Å². The van der Waals surface area contributed by atoms with Gasteiger partial charge in [-0.3, -0.25) is 10.0 Å². The van der Waals surface area contributed by atoms with Crippen LogP contribution in [0.4, 0.5) is 11.4 Å². The van der Waals surface area contributed by atoms with E-state index in [1.165, 1.54) is 12.1 Å². The number of carbonyl (C=O) groups is 1. The molecule has 2 aromatic carbocycles. The van der Waals surface area contributed by atoms with Crippen molar-refractivity contribution in [3.05, 3.63) is 42.5 Å². The second-order valence-corrected chi connectivity index (χ2v) is 11.0. The van der Waals surface area contributed by atoms with Crippen LogP contribution in [-0.4, -0.2) is 61.5 Å². The molecule has 0 bridgehead atoms. The molecule has 2 aromatic rings. The van der Waals surface area contributed by atoms with E-state index in [4.69, 9.17) is 9.47 Å². The Kier molecular flexibility index (Phi) is 5.67. The molecule has 1 saturated heterocycles. The Bertz CT molecular complexity index is 1140. The van der Waals surface area contributed by atoms with Crippen LogP contribution in [0.5, 0.6) is 11.5 Å². The quantitative estimate of drug-likeness (QED) is 0.433. The molecular formula is C23H27N3O6S. The van der Waals surface area contributed by atoms with Crippen LogP contribution in [0.1, 0.15) is 25.7 Å². The lowest BCUT2D eigenvalue weighted by atomic mass is 9.94. The van der Waals surface area contributed by atoms with Crippen LogP contribution in [0.15, 0.2) is 47.4 Å². The number of benzene rings is 2. The van der Waals surface area contributed by atoms with Crippen LogP contribution >= 0.6 is 0 Å². The van der Waals surface area contributed by atoms with E-state index in [1.54, 1.807) is 17.6 Å². The fraction of sp³-hybridized carbons (Fsp3) is 0.435. The number of hydrogen-bond donors (Lipinski definition) is 3. The first-order chi connectivity index (χ1) is 15.9. The zero-order valence-electron chi connectivity index (χ0n) is 18.1. The Labute approximate surface area is 192 Å². The molecule has 2 aliphatic heterocycles. The van der Waals surface area contributed by atoms with Crippen LogP contribution in [-0.2, 0) is 14.6 Å². The van der Waals surface area contributed by atoms with Crippen molar-refractivity contribution < 1.29 is 27.9 Å². The highest BCUT2D eigenvalue weighted by Crippen LogP contribution is 2.40. The maximum Gasteiger partial charge on any atom is 0.265 e. The zero-order chi connectivity index (χ0) is 23.1. The Morgan fingerprint density at radius 1 is 0.970 bits per heavy atom. The van der Waals surface area contributed by atoms with Crippen LogP contribution in [0, 0.1) is 0 Å². The van der Waals surface area contributed by atoms with Crippen molar-refractivity contribution in [2.24, 2.45) is 0 Å². The van der Waals surface area contributed by atoms with Gasteiger partial charge in [0.15, 0.2) is 26.1 Å². The van der Waals surface area contributed by atoms with Crippen LogP contribution in [0.2, 0.25) is 0 Å². The highest BCUT2D eigenvalue weighted by molar-refractivity contribution is 7.93. The standard InChI is InChI=1S/C23H27N3O6S/c27-22(25-28)23(9-11-26(12-10-23)18-4-5-18)33(29,30)19-6-1-16(2-7-19)24-17-3-8-20-21(15-17)32-14-13-31-20/h1-3,6-8,15,18,24,28H,4-5,9-14H2,(H,25,27). The van der Waals surface area contributed by atoms with E-state index in [1.807, 2.05) is 18.2 Å². The van der Waals surface area contributed by atoms with Crippen molar-refractivity contribution in [3.63, 3.8) is 0 Å². The van der Waals surface area contributed by atoms with E-state index in [0.29, 0.717) is 49.5 Å². The average molecular weight is 474 g/mol. The third-order valence-corrected chi connectivity index (χ3v) is 9.21. The van der Waals surface area contributed by atoms with Gasteiger partial charge in [-0.1, -0.05) is 0 Å². The summed E-state index contributed by atoms with van der Waals surface area (Å²) in [5.41, 5.74) is 3.07. The average Bonchev–Trinajstić information content (AvgIpc) is 3.69. The smallest absolute Gasteiger partial charge is 0.265 e. The lowest BCUT2D eigenvalue weighted by molar-refractivity contribution is -0.133. The fourth-order valence-electron chi connectivity index (χ4n) is 4.64. The molecule has 3 N–H and O–H groups in total. The van der Waals surface area contributed by atoms with Gasteiger partial charge in [-0.05, 0) is 62.1 Å². The molecule has 0 atom stereocenters. The number of nitrogens with one attached hydrogen (secondary N) is 2. The summed E-state index contributed by atoms with van der Waals surface area (Å²) in [5, 5.41) is 12.6. The molecule has 1 amide bonds. The van der Waals surface area contributed by atoms with E-state index in [2.05, 4.69) is 10.2 Å². The highest BCUT2D eigenvalue weighted by Gasteiger charge is 2.53. The van der Waals surface area contributed by atoms with E-state index in [9.17, 15) is 18.4 Å². The molecule has 5 rings (SSSR count). The van der Waals surface area contributed by atoms with E-state index in [0.717, 1.165) is 18.5 Å². The summed E-state index contributed by atoms with van der Waals surface area (Å²) in [5.74, 6) is 0.477. The number of piperidine rings is 1. The number of hydroxylamine groups is 1. The van der Waals surface area contributed by atoms with Gasteiger partial charge < -0.3 is 19.7 Å². The number of likely N-dealkylation sites (tertiary alicyclic amines) is 1. The normalized spacial score (nSPS) is 20.2. The van der Waals surface area contributed by atoms with E-state index >= 15 is 0 Å². The molecule has 10 heteroatoms. The summed E-state index contributed by atoms with van der Waals surface area (Å²) >= 11 is 0. The topological polar surface area (TPSA) is 117 Å². The van der Waals surface area contributed by atoms with Crippen molar-refractivity contribution >= 4 is 27.1 Å². The number of sulfone groups is 1. The first kappa shape index (κ1) is 22.0. The zero-order valence-corrected chi connectivity index (χ0v) is 18.9. The number of fused-ring (bicyclic) bond motifs is 1. The summed E-state index contributed by atoms with van der Waals surface area (Å²) in [6.45, 7) is 2.04. The molecule has 0 unspecified atom stereocenters. The second-order valence-electron chi connectivity index (χ2n) is 8.71. The van der Waals surface area contributed by atoms with E-state index < -0.39 is 20.5 Å². The monoisotopic (exact) mass is 473 g/mol. The first-order valence-electron chi connectivity index (χ1n) is 11.1. The van der Waals surface area contributed by atoms with Crippen LogP contribution < -0.4 is 20.3 Å². The minimum Gasteiger partial charge on any atom is -0.486 e. The van der Waals surface area contributed by atoms with Gasteiger partial charge in [0.25, 0.3) is 5.91 Å². The predicted molar refractivity (Wildman–Crippen MR) is 121 cm³/mol. The van der Waals surface area contributed by atoms with Crippen LogP contribution in [0.3, 0.4) is 0 Å². The van der Waals surface area contributed by atoms with Crippen LogP contribution in [0.25, 0.3) is 0 Å². The van der Waals surface area contributed by atoms with Crippen molar-refractivity contribution in [3.8, 4) is 11.5 Å². The fourth-order valence-corrected chi connectivity index (χ4v) is 6.60. The minimum atomic E-state index is -4.03. The largest absolute Gasteiger partial charge is 0.486 e. The summed E-state index contributed by atoms with van der Waals surface area (Å²) in [6.07, 6.45) is 2.53. The van der Waals surface area contributed by atoms with Gasteiger partial charge >= 0.3 is 0 Å². The van der Waals surface area contributed by atoms with Gasteiger partial charge in [-0.25, -0.2) is 13.9 Å². The number of hydrogen-bond acceptors (Lipinski definition) is 8. The lowest BCUT2D eigenvalue weighted by Gasteiger charge is -2.39. The molecular weight excluding hydrogens is 446 g/mol. The Morgan fingerprint density at radius 2 is 1.61 bits per heavy atom. The summed E-state index contributed by atoms with van der Waals surface area (Å²) in [4.78, 5) is 14.9. The molecule has 0 aromatic heterocycles. The first-order valence-corrected chi connectivity index (χ1v) is 12.6. The molecule has 2 heterocycles. The SMILES string of the molecule is O=C(NO)C1(S(=O)(=O)c2ccc(Nc3ccc4c(c3)OCCO4)cc2)CCN(C2CC2)CC1. The number of nitrogens with zero attached hydrogens (tertiary/aromatic N) is 1. The third kappa shape index (κ3) is 4.03. The Balaban J connectivity index is 1.36. The highest BCUT2D eigenvalue weighted by atomic mass is 32.2. The van der Waals surface area contributed by atoms with Gasteiger partial charge in [0.2, 0.25) is 0 Å². The molecule has 0 radical (unpaired) electrons. The number of carbonyl (C=O) groups excluding carboxylic acids is 1. The number of anilines is 2. The number of rotatable bonds is 6. The van der Waals surface area contributed by atoms with Gasteiger partial charge in [-0.15, -0.1) is 0 Å². The van der Waals surface area contributed by atoms with Gasteiger partial charge in [0, 0.05) is 36.6 Å². The summed E-state index contributed by atoms with van der Waals surface area (Å²) in [7, 11) is -4.03. The second kappa shape index (κ2) is 8.51. The lowest BCUT2D eigenvalue weighted by Crippen LogP contribution is -2.58. The maximum absolute atomic E-state index is 13.6. The predicted octanol–water partition coefficient (Wildman–Crippen LogP) is 2.48.